The lowest BCUT2D eigenvalue weighted by Crippen LogP contribution is -2.05. The number of rotatable bonds is 1. The van der Waals surface area contributed by atoms with E-state index in [-0.39, 0.29) is 5.91 Å². The zero-order valence-electron chi connectivity index (χ0n) is 11.4. The monoisotopic (exact) mass is 262 g/mol. The molecule has 0 saturated heterocycles. The van der Waals surface area contributed by atoms with E-state index < -0.39 is 0 Å². The van der Waals surface area contributed by atoms with Crippen LogP contribution in [-0.4, -0.2) is 15.5 Å². The van der Waals surface area contributed by atoms with Crippen molar-refractivity contribution in [2.45, 2.75) is 19.8 Å². The number of carbonyl (C=O) groups excluding carboxylic acids is 1. The molecule has 0 N–H and O–H groups in total. The minimum absolute atomic E-state index is 0.0235. The van der Waals surface area contributed by atoms with Gasteiger partial charge in [-0.25, -0.2) is 4.98 Å². The molecule has 0 atom stereocenters. The summed E-state index contributed by atoms with van der Waals surface area (Å²) in [4.78, 5) is 17.2. The molecule has 20 heavy (non-hydrogen) atoms. The van der Waals surface area contributed by atoms with Gasteiger partial charge in [0.1, 0.15) is 5.82 Å². The smallest absolute Gasteiger partial charge is 0.264 e. The Labute approximate surface area is 116 Å². The summed E-state index contributed by atoms with van der Waals surface area (Å²) in [6, 6.07) is 13.8. The lowest BCUT2D eigenvalue weighted by Gasteiger charge is -2.05. The first-order chi connectivity index (χ1) is 9.66. The third kappa shape index (κ3) is 1.35. The first-order valence-corrected chi connectivity index (χ1v) is 6.83. The van der Waals surface area contributed by atoms with Gasteiger partial charge in [0.05, 0.1) is 16.6 Å². The van der Waals surface area contributed by atoms with Crippen LogP contribution >= 0.6 is 0 Å². The van der Waals surface area contributed by atoms with Crippen LogP contribution in [0.2, 0.25) is 0 Å². The number of aromatic nitrogens is 2. The third-order valence-electron chi connectivity index (χ3n) is 3.95. The highest BCUT2D eigenvalue weighted by Gasteiger charge is 2.29. The van der Waals surface area contributed by atoms with Crippen molar-refractivity contribution in [1.29, 1.82) is 0 Å². The number of carbonyl (C=O) groups is 1. The van der Waals surface area contributed by atoms with Gasteiger partial charge >= 0.3 is 0 Å². The predicted molar refractivity (Wildman–Crippen MR) is 79.0 cm³/mol. The maximum atomic E-state index is 12.5. The Bertz CT molecular complexity index is 859. The van der Waals surface area contributed by atoms with Crippen LogP contribution in [0.25, 0.3) is 22.4 Å². The number of hydrogen-bond donors (Lipinski definition) is 0. The normalized spacial score (nSPS) is 13.1. The average molecular weight is 262 g/mol. The summed E-state index contributed by atoms with van der Waals surface area (Å²) in [7, 11) is 0. The molecule has 1 aliphatic heterocycles. The van der Waals surface area contributed by atoms with Gasteiger partial charge in [-0.1, -0.05) is 38.1 Å². The summed E-state index contributed by atoms with van der Waals surface area (Å²) in [5.41, 5.74) is 4.71. The largest absolute Gasteiger partial charge is 0.268 e. The molecule has 0 amide bonds. The first kappa shape index (κ1) is 11.4. The second-order valence-electron chi connectivity index (χ2n) is 5.52. The quantitative estimate of drug-likeness (QED) is 0.522. The molecular formula is C17H14N2O. The van der Waals surface area contributed by atoms with Crippen LogP contribution in [0, 0.1) is 0 Å². The Kier molecular flexibility index (Phi) is 2.16. The number of hydrogen-bond acceptors (Lipinski definition) is 2. The van der Waals surface area contributed by atoms with Crippen molar-refractivity contribution in [1.82, 2.24) is 9.55 Å². The fraction of sp³-hybridized carbons (Fsp3) is 0.176. The molecule has 3 nitrogen and oxygen atoms in total. The Hall–Kier alpha value is -2.42. The molecule has 3 aromatic rings. The van der Waals surface area contributed by atoms with E-state index in [9.17, 15) is 4.79 Å². The van der Waals surface area contributed by atoms with Crippen LogP contribution in [0.4, 0.5) is 0 Å². The van der Waals surface area contributed by atoms with E-state index in [0.717, 1.165) is 28.0 Å². The van der Waals surface area contributed by atoms with Crippen LogP contribution < -0.4 is 0 Å². The molecular weight excluding hydrogens is 248 g/mol. The highest BCUT2D eigenvalue weighted by Crippen LogP contribution is 2.35. The molecule has 4 rings (SSSR count). The summed E-state index contributed by atoms with van der Waals surface area (Å²) >= 11 is 0. The summed E-state index contributed by atoms with van der Waals surface area (Å²) in [5, 5.41) is 0. The van der Waals surface area contributed by atoms with Crippen LogP contribution in [0.15, 0.2) is 42.5 Å². The van der Waals surface area contributed by atoms with E-state index in [1.54, 1.807) is 4.57 Å². The van der Waals surface area contributed by atoms with Crippen molar-refractivity contribution in [2.75, 3.05) is 0 Å². The molecule has 0 radical (unpaired) electrons. The molecule has 0 spiro atoms. The molecule has 3 heteroatoms. The molecule has 0 aliphatic carbocycles. The van der Waals surface area contributed by atoms with Gasteiger partial charge in [-0.2, -0.15) is 0 Å². The second kappa shape index (κ2) is 3.79. The van der Waals surface area contributed by atoms with Crippen LogP contribution in [0.1, 0.15) is 35.7 Å². The maximum absolute atomic E-state index is 12.5. The SMILES string of the molecule is CC(C)c1ccc2c(c1)nc1n2C(=O)c2ccccc2-1. The molecule has 2 heterocycles. The van der Waals surface area contributed by atoms with Gasteiger partial charge in [-0.15, -0.1) is 0 Å². The van der Waals surface area contributed by atoms with Crippen molar-refractivity contribution < 1.29 is 4.79 Å². The summed E-state index contributed by atoms with van der Waals surface area (Å²) in [6.45, 7) is 4.32. The third-order valence-corrected chi connectivity index (χ3v) is 3.95. The van der Waals surface area contributed by atoms with Crippen LogP contribution in [0.3, 0.4) is 0 Å². The van der Waals surface area contributed by atoms with Gasteiger partial charge in [0.25, 0.3) is 5.91 Å². The fourth-order valence-corrected chi connectivity index (χ4v) is 2.83. The Balaban J connectivity index is 2.04. The van der Waals surface area contributed by atoms with Crippen molar-refractivity contribution >= 4 is 16.9 Å². The maximum Gasteiger partial charge on any atom is 0.264 e. The van der Waals surface area contributed by atoms with Crippen molar-refractivity contribution in [3.05, 3.63) is 53.6 Å². The molecule has 1 aromatic heterocycles. The Morgan fingerprint density at radius 3 is 2.55 bits per heavy atom. The van der Waals surface area contributed by atoms with E-state index in [0.29, 0.717) is 5.92 Å². The van der Waals surface area contributed by atoms with E-state index >= 15 is 0 Å². The molecule has 0 unspecified atom stereocenters. The zero-order chi connectivity index (χ0) is 13.9. The topological polar surface area (TPSA) is 34.9 Å². The number of fused-ring (bicyclic) bond motifs is 5. The average Bonchev–Trinajstić information content (AvgIpc) is 2.95. The molecule has 98 valence electrons. The minimum Gasteiger partial charge on any atom is -0.268 e. The number of benzene rings is 2. The van der Waals surface area contributed by atoms with Gasteiger partial charge < -0.3 is 0 Å². The summed E-state index contributed by atoms with van der Waals surface area (Å²) in [6.07, 6.45) is 0. The lowest BCUT2D eigenvalue weighted by atomic mass is 10.0. The van der Waals surface area contributed by atoms with Crippen LogP contribution in [-0.2, 0) is 0 Å². The first-order valence-electron chi connectivity index (χ1n) is 6.83. The standard InChI is InChI=1S/C17H14N2O/c1-10(2)11-7-8-15-14(9-11)18-16-12-5-3-4-6-13(12)17(20)19(15)16/h3-10H,1-2H3. The van der Waals surface area contributed by atoms with Crippen molar-refractivity contribution in [3.63, 3.8) is 0 Å². The fourth-order valence-electron chi connectivity index (χ4n) is 2.83. The summed E-state index contributed by atoms with van der Waals surface area (Å²) in [5.74, 6) is 1.25. The molecule has 2 aromatic carbocycles. The van der Waals surface area contributed by atoms with Crippen LogP contribution in [0.5, 0.6) is 0 Å². The second-order valence-corrected chi connectivity index (χ2v) is 5.52. The van der Waals surface area contributed by atoms with Gasteiger partial charge in [0, 0.05) is 5.56 Å². The lowest BCUT2D eigenvalue weighted by molar-refractivity contribution is 0.0973. The summed E-state index contributed by atoms with van der Waals surface area (Å²) < 4.78 is 1.73. The van der Waals surface area contributed by atoms with Crippen molar-refractivity contribution in [3.8, 4) is 11.4 Å². The Morgan fingerprint density at radius 2 is 1.80 bits per heavy atom. The van der Waals surface area contributed by atoms with Crippen molar-refractivity contribution in [2.24, 2.45) is 0 Å². The Morgan fingerprint density at radius 1 is 1.05 bits per heavy atom. The van der Waals surface area contributed by atoms with Gasteiger partial charge in [0.2, 0.25) is 0 Å². The highest BCUT2D eigenvalue weighted by molar-refractivity contribution is 6.12. The number of nitrogens with zero attached hydrogens (tertiary/aromatic N) is 2. The number of imidazole rings is 1. The van der Waals surface area contributed by atoms with E-state index in [4.69, 9.17) is 0 Å². The van der Waals surface area contributed by atoms with Gasteiger partial charge in [0.15, 0.2) is 0 Å². The highest BCUT2D eigenvalue weighted by atomic mass is 16.2. The van der Waals surface area contributed by atoms with Gasteiger partial charge in [-0.3, -0.25) is 9.36 Å². The van der Waals surface area contributed by atoms with Gasteiger partial charge in [-0.05, 0) is 29.7 Å². The predicted octanol–water partition coefficient (Wildman–Crippen LogP) is 3.83. The molecule has 0 bridgehead atoms. The molecule has 0 fully saturated rings. The molecule has 0 saturated carbocycles. The molecule has 1 aliphatic rings. The van der Waals surface area contributed by atoms with E-state index in [1.165, 1.54) is 5.56 Å². The van der Waals surface area contributed by atoms with E-state index in [1.807, 2.05) is 30.3 Å². The van der Waals surface area contributed by atoms with E-state index in [2.05, 4.69) is 31.0 Å². The minimum atomic E-state index is 0.0235. The zero-order valence-corrected chi connectivity index (χ0v) is 11.4.